The lowest BCUT2D eigenvalue weighted by Crippen LogP contribution is -2.47. The second-order valence-corrected chi connectivity index (χ2v) is 7.29. The third kappa shape index (κ3) is 4.43. The number of rotatable bonds is 6. The normalized spacial score (nSPS) is 24.9. The van der Waals surface area contributed by atoms with E-state index in [4.69, 9.17) is 10.5 Å². The van der Waals surface area contributed by atoms with E-state index in [1.807, 2.05) is 6.92 Å². The summed E-state index contributed by atoms with van der Waals surface area (Å²) in [5.41, 5.74) is 5.91. The van der Waals surface area contributed by atoms with Gasteiger partial charge in [0.05, 0.1) is 6.61 Å². The largest absolute Gasteiger partial charge is 0.465 e. The van der Waals surface area contributed by atoms with Crippen molar-refractivity contribution in [3.8, 4) is 0 Å². The zero-order chi connectivity index (χ0) is 15.3. The second kappa shape index (κ2) is 7.10. The van der Waals surface area contributed by atoms with Gasteiger partial charge in [-0.2, -0.15) is 0 Å². The van der Waals surface area contributed by atoms with Crippen LogP contribution in [0.5, 0.6) is 0 Å². The second-order valence-electron chi connectivity index (χ2n) is 7.29. The van der Waals surface area contributed by atoms with Crippen molar-refractivity contribution in [2.45, 2.75) is 70.8 Å². The van der Waals surface area contributed by atoms with Gasteiger partial charge in [0.25, 0.3) is 0 Å². The molecule has 2 rings (SSSR count). The van der Waals surface area contributed by atoms with Crippen LogP contribution in [-0.4, -0.2) is 42.6 Å². The van der Waals surface area contributed by atoms with E-state index in [2.05, 4.69) is 4.90 Å². The molecule has 0 aromatic rings. The highest BCUT2D eigenvalue weighted by atomic mass is 16.5. The van der Waals surface area contributed by atoms with Gasteiger partial charge >= 0.3 is 5.97 Å². The van der Waals surface area contributed by atoms with E-state index < -0.39 is 5.54 Å². The van der Waals surface area contributed by atoms with Crippen molar-refractivity contribution in [1.29, 1.82) is 0 Å². The molecule has 1 atom stereocenters. The van der Waals surface area contributed by atoms with Crippen LogP contribution < -0.4 is 5.73 Å². The average Bonchev–Trinajstić information content (AvgIpc) is 2.90. The van der Waals surface area contributed by atoms with Gasteiger partial charge in [-0.1, -0.05) is 12.8 Å². The highest BCUT2D eigenvalue weighted by Crippen LogP contribution is 2.46. The van der Waals surface area contributed by atoms with Crippen LogP contribution in [-0.2, 0) is 9.53 Å². The van der Waals surface area contributed by atoms with Crippen molar-refractivity contribution in [1.82, 2.24) is 4.90 Å². The zero-order valence-electron chi connectivity index (χ0n) is 13.8. The van der Waals surface area contributed by atoms with Gasteiger partial charge in [-0.15, -0.1) is 0 Å². The zero-order valence-corrected chi connectivity index (χ0v) is 13.8. The minimum absolute atomic E-state index is 0.270. The summed E-state index contributed by atoms with van der Waals surface area (Å²) in [6.45, 7) is 7.51. The molecule has 2 N–H and O–H groups in total. The Labute approximate surface area is 129 Å². The van der Waals surface area contributed by atoms with Crippen LogP contribution >= 0.6 is 0 Å². The van der Waals surface area contributed by atoms with Crippen molar-refractivity contribution >= 4 is 5.97 Å². The van der Waals surface area contributed by atoms with Crippen LogP contribution in [0, 0.1) is 5.41 Å². The SMILES string of the molecule is CCOC(=O)C(C)(N)CCCN1CCC2(CCCC2)CC1. The summed E-state index contributed by atoms with van der Waals surface area (Å²) in [4.78, 5) is 14.3. The number of esters is 1. The molecule has 2 fully saturated rings. The number of hydrogen-bond acceptors (Lipinski definition) is 4. The molecule has 1 saturated heterocycles. The first-order chi connectivity index (χ1) is 9.97. The predicted molar refractivity (Wildman–Crippen MR) is 85.0 cm³/mol. The van der Waals surface area contributed by atoms with Crippen LogP contribution in [0.15, 0.2) is 0 Å². The Morgan fingerprint density at radius 3 is 2.43 bits per heavy atom. The fraction of sp³-hybridized carbons (Fsp3) is 0.941. The number of likely N-dealkylation sites (tertiary alicyclic amines) is 1. The summed E-state index contributed by atoms with van der Waals surface area (Å²) in [5, 5.41) is 0. The number of carbonyl (C=O) groups is 1. The van der Waals surface area contributed by atoms with Gasteiger partial charge in [-0.25, -0.2) is 0 Å². The minimum atomic E-state index is -0.835. The Morgan fingerprint density at radius 2 is 1.86 bits per heavy atom. The van der Waals surface area contributed by atoms with Gasteiger partial charge in [0.15, 0.2) is 0 Å². The summed E-state index contributed by atoms with van der Waals surface area (Å²) in [6, 6.07) is 0. The number of nitrogens with zero attached hydrogens (tertiary/aromatic N) is 1. The monoisotopic (exact) mass is 296 g/mol. The number of hydrogen-bond donors (Lipinski definition) is 1. The maximum absolute atomic E-state index is 11.8. The van der Waals surface area contributed by atoms with Crippen molar-refractivity contribution < 1.29 is 9.53 Å². The fourth-order valence-electron chi connectivity index (χ4n) is 3.94. The highest BCUT2D eigenvalue weighted by molar-refractivity contribution is 5.79. The highest BCUT2D eigenvalue weighted by Gasteiger charge is 2.37. The van der Waals surface area contributed by atoms with Crippen LogP contribution in [0.3, 0.4) is 0 Å². The molecule has 4 nitrogen and oxygen atoms in total. The van der Waals surface area contributed by atoms with Gasteiger partial charge in [0.2, 0.25) is 0 Å². The molecule has 1 aliphatic heterocycles. The first-order valence-corrected chi connectivity index (χ1v) is 8.66. The van der Waals surface area contributed by atoms with E-state index in [-0.39, 0.29) is 5.97 Å². The third-order valence-corrected chi connectivity index (χ3v) is 5.49. The van der Waals surface area contributed by atoms with Crippen LogP contribution in [0.1, 0.15) is 65.2 Å². The number of piperidine rings is 1. The molecule has 1 spiro atoms. The molecule has 1 aliphatic carbocycles. The molecule has 122 valence electrons. The van der Waals surface area contributed by atoms with Gasteiger partial charge in [0, 0.05) is 0 Å². The van der Waals surface area contributed by atoms with Crippen molar-refractivity contribution in [2.24, 2.45) is 11.1 Å². The molecular formula is C17H32N2O2. The lowest BCUT2D eigenvalue weighted by molar-refractivity contribution is -0.149. The Morgan fingerprint density at radius 1 is 1.24 bits per heavy atom. The van der Waals surface area contributed by atoms with E-state index in [1.165, 1.54) is 51.6 Å². The molecule has 4 heteroatoms. The number of carbonyl (C=O) groups excluding carboxylic acids is 1. The molecule has 0 aromatic carbocycles. The summed E-state index contributed by atoms with van der Waals surface area (Å²) >= 11 is 0. The topological polar surface area (TPSA) is 55.6 Å². The lowest BCUT2D eigenvalue weighted by Gasteiger charge is -2.39. The van der Waals surface area contributed by atoms with Crippen molar-refractivity contribution in [3.63, 3.8) is 0 Å². The molecule has 1 saturated carbocycles. The number of ether oxygens (including phenoxy) is 1. The van der Waals surface area contributed by atoms with E-state index in [1.54, 1.807) is 6.92 Å². The smallest absolute Gasteiger partial charge is 0.325 e. The molecule has 0 radical (unpaired) electrons. The first-order valence-electron chi connectivity index (χ1n) is 8.66. The average molecular weight is 296 g/mol. The first kappa shape index (κ1) is 16.8. The van der Waals surface area contributed by atoms with Gasteiger partial charge < -0.3 is 15.4 Å². The summed E-state index contributed by atoms with van der Waals surface area (Å²) < 4.78 is 5.03. The molecular weight excluding hydrogens is 264 g/mol. The van der Waals surface area contributed by atoms with E-state index >= 15 is 0 Å². The molecule has 1 unspecified atom stereocenters. The Hall–Kier alpha value is -0.610. The molecule has 0 amide bonds. The van der Waals surface area contributed by atoms with Crippen LogP contribution in [0.2, 0.25) is 0 Å². The summed E-state index contributed by atoms with van der Waals surface area (Å²) in [6.07, 6.45) is 10.2. The van der Waals surface area contributed by atoms with Crippen molar-refractivity contribution in [2.75, 3.05) is 26.2 Å². The summed E-state index contributed by atoms with van der Waals surface area (Å²) in [5.74, 6) is -0.270. The third-order valence-electron chi connectivity index (χ3n) is 5.49. The van der Waals surface area contributed by atoms with Crippen molar-refractivity contribution in [3.05, 3.63) is 0 Å². The van der Waals surface area contributed by atoms with Gasteiger partial charge in [-0.05, 0) is 77.4 Å². The Balaban J connectivity index is 1.66. The number of nitrogens with two attached hydrogens (primary N) is 1. The van der Waals surface area contributed by atoms with Gasteiger partial charge in [-0.3, -0.25) is 4.79 Å². The van der Waals surface area contributed by atoms with E-state index in [9.17, 15) is 4.79 Å². The van der Waals surface area contributed by atoms with E-state index in [0.717, 1.165) is 13.0 Å². The predicted octanol–water partition coefficient (Wildman–Crippen LogP) is 2.70. The molecule has 0 bridgehead atoms. The van der Waals surface area contributed by atoms with E-state index in [0.29, 0.717) is 18.4 Å². The Bertz CT molecular complexity index is 339. The fourth-order valence-corrected chi connectivity index (χ4v) is 3.94. The molecule has 21 heavy (non-hydrogen) atoms. The molecule has 0 aromatic heterocycles. The quantitative estimate of drug-likeness (QED) is 0.766. The lowest BCUT2D eigenvalue weighted by atomic mass is 9.77. The molecule has 2 aliphatic rings. The van der Waals surface area contributed by atoms with Crippen LogP contribution in [0.4, 0.5) is 0 Å². The standard InChI is InChI=1S/C17H32N2O2/c1-3-21-15(20)16(2,18)7-6-12-19-13-10-17(11-14-19)8-4-5-9-17/h3-14,18H2,1-2H3. The molecule has 1 heterocycles. The maximum atomic E-state index is 11.8. The maximum Gasteiger partial charge on any atom is 0.325 e. The van der Waals surface area contributed by atoms with Gasteiger partial charge in [0.1, 0.15) is 5.54 Å². The van der Waals surface area contributed by atoms with Crippen LogP contribution in [0.25, 0.3) is 0 Å². The Kier molecular flexibility index (Phi) is 5.67. The minimum Gasteiger partial charge on any atom is -0.465 e. The summed E-state index contributed by atoms with van der Waals surface area (Å²) in [7, 11) is 0.